The lowest BCUT2D eigenvalue weighted by Gasteiger charge is -2.24. The number of hydrogen-bond donors (Lipinski definition) is 1. The predicted octanol–water partition coefficient (Wildman–Crippen LogP) is 2.29. The fourth-order valence-corrected chi connectivity index (χ4v) is 2.95. The Morgan fingerprint density at radius 3 is 2.36 bits per heavy atom. The number of benzene rings is 1. The van der Waals surface area contributed by atoms with Crippen LogP contribution in [0.1, 0.15) is 33.6 Å². The molecule has 1 aromatic carbocycles. The van der Waals surface area contributed by atoms with Crippen molar-refractivity contribution >= 4 is 21.6 Å². The Kier molecular flexibility index (Phi) is 5.93. The van der Waals surface area contributed by atoms with Crippen molar-refractivity contribution in [1.82, 2.24) is 5.32 Å². The van der Waals surface area contributed by atoms with Crippen molar-refractivity contribution in [3.63, 3.8) is 0 Å². The van der Waals surface area contributed by atoms with Gasteiger partial charge in [0.2, 0.25) is 15.9 Å². The van der Waals surface area contributed by atoms with Crippen molar-refractivity contribution in [2.45, 2.75) is 39.2 Å². The third-order valence-corrected chi connectivity index (χ3v) is 3.98. The first-order chi connectivity index (χ1) is 10.0. The van der Waals surface area contributed by atoms with Crippen LogP contribution in [0, 0.1) is 5.82 Å². The smallest absolute Gasteiger partial charge is 0.232 e. The second kappa shape index (κ2) is 7.09. The standard InChI is InChI=1S/C15H23FN2O3S/c1-15(2,3)17-14(19)10-7-11-18(22(4,20)21)13-9-6-5-8-12(13)16/h5-6,8-9H,7,10-11H2,1-4H3,(H,17,19). The van der Waals surface area contributed by atoms with Gasteiger partial charge in [0, 0.05) is 18.5 Å². The van der Waals surface area contributed by atoms with Crippen LogP contribution < -0.4 is 9.62 Å². The Labute approximate surface area is 131 Å². The molecule has 0 unspecified atom stereocenters. The maximum Gasteiger partial charge on any atom is 0.232 e. The third-order valence-electron chi connectivity index (χ3n) is 2.80. The quantitative estimate of drug-likeness (QED) is 0.870. The molecule has 22 heavy (non-hydrogen) atoms. The highest BCUT2D eigenvalue weighted by atomic mass is 32.2. The minimum Gasteiger partial charge on any atom is -0.352 e. The molecule has 0 aliphatic heterocycles. The predicted molar refractivity (Wildman–Crippen MR) is 85.7 cm³/mol. The zero-order chi connectivity index (χ0) is 17.0. The van der Waals surface area contributed by atoms with Crippen LogP contribution in [0.15, 0.2) is 24.3 Å². The summed E-state index contributed by atoms with van der Waals surface area (Å²) in [5.74, 6) is -0.762. The molecule has 0 aromatic heterocycles. The van der Waals surface area contributed by atoms with Gasteiger partial charge in [-0.3, -0.25) is 9.10 Å². The molecule has 7 heteroatoms. The van der Waals surface area contributed by atoms with Gasteiger partial charge in [-0.2, -0.15) is 0 Å². The highest BCUT2D eigenvalue weighted by Gasteiger charge is 2.21. The normalized spacial score (nSPS) is 12.0. The molecule has 0 atom stereocenters. The van der Waals surface area contributed by atoms with E-state index in [0.717, 1.165) is 10.6 Å². The van der Waals surface area contributed by atoms with Crippen LogP contribution in [-0.2, 0) is 14.8 Å². The first-order valence-corrected chi connectivity index (χ1v) is 8.89. The molecule has 0 bridgehead atoms. The van der Waals surface area contributed by atoms with E-state index in [4.69, 9.17) is 0 Å². The highest BCUT2D eigenvalue weighted by molar-refractivity contribution is 7.92. The highest BCUT2D eigenvalue weighted by Crippen LogP contribution is 2.21. The van der Waals surface area contributed by atoms with Crippen LogP contribution >= 0.6 is 0 Å². The van der Waals surface area contributed by atoms with Crippen molar-refractivity contribution < 1.29 is 17.6 Å². The average molecular weight is 330 g/mol. The fraction of sp³-hybridized carbons (Fsp3) is 0.533. The summed E-state index contributed by atoms with van der Waals surface area (Å²) in [5, 5.41) is 2.80. The first kappa shape index (κ1) is 18.4. The van der Waals surface area contributed by atoms with Crippen LogP contribution in [0.3, 0.4) is 0 Å². The lowest BCUT2D eigenvalue weighted by molar-refractivity contribution is -0.122. The summed E-state index contributed by atoms with van der Waals surface area (Å²) >= 11 is 0. The Hall–Kier alpha value is -1.63. The molecule has 1 rings (SSSR count). The Bertz CT molecular complexity index is 624. The number of nitrogens with one attached hydrogen (secondary N) is 1. The molecule has 124 valence electrons. The molecule has 1 aromatic rings. The maximum absolute atomic E-state index is 13.8. The number of anilines is 1. The summed E-state index contributed by atoms with van der Waals surface area (Å²) in [6.07, 6.45) is 1.51. The summed E-state index contributed by atoms with van der Waals surface area (Å²) in [5.41, 5.74) is -0.333. The van der Waals surface area contributed by atoms with Crippen LogP contribution in [-0.4, -0.2) is 32.7 Å². The van der Waals surface area contributed by atoms with E-state index in [1.165, 1.54) is 18.2 Å². The third kappa shape index (κ3) is 6.01. The summed E-state index contributed by atoms with van der Waals surface area (Å²) in [6.45, 7) is 5.66. The van der Waals surface area contributed by atoms with E-state index in [1.54, 1.807) is 6.07 Å². The molecule has 1 amide bonds. The minimum absolute atomic E-state index is 0.00114. The lowest BCUT2D eigenvalue weighted by atomic mass is 10.1. The van der Waals surface area contributed by atoms with E-state index < -0.39 is 15.8 Å². The Balaban J connectivity index is 2.74. The van der Waals surface area contributed by atoms with Crippen LogP contribution in [0.25, 0.3) is 0 Å². The van der Waals surface area contributed by atoms with Crippen molar-refractivity contribution in [2.75, 3.05) is 17.1 Å². The molecule has 5 nitrogen and oxygen atoms in total. The molecule has 0 saturated carbocycles. The van der Waals surface area contributed by atoms with Gasteiger partial charge in [0.1, 0.15) is 5.82 Å². The van der Waals surface area contributed by atoms with Gasteiger partial charge < -0.3 is 5.32 Å². The van der Waals surface area contributed by atoms with Gasteiger partial charge in [-0.25, -0.2) is 12.8 Å². The van der Waals surface area contributed by atoms with E-state index >= 15 is 0 Å². The van der Waals surface area contributed by atoms with Crippen LogP contribution in [0.2, 0.25) is 0 Å². The van der Waals surface area contributed by atoms with Gasteiger partial charge in [-0.05, 0) is 39.3 Å². The van der Waals surface area contributed by atoms with Gasteiger partial charge in [-0.15, -0.1) is 0 Å². The molecule has 0 aliphatic carbocycles. The van der Waals surface area contributed by atoms with Gasteiger partial charge in [0.25, 0.3) is 0 Å². The maximum atomic E-state index is 13.8. The molecule has 0 heterocycles. The average Bonchev–Trinajstić information content (AvgIpc) is 2.32. The number of hydrogen-bond acceptors (Lipinski definition) is 3. The molecule has 0 fully saturated rings. The van der Waals surface area contributed by atoms with E-state index in [9.17, 15) is 17.6 Å². The van der Waals surface area contributed by atoms with Gasteiger partial charge in [-0.1, -0.05) is 12.1 Å². The van der Waals surface area contributed by atoms with E-state index in [0.29, 0.717) is 6.42 Å². The number of para-hydroxylation sites is 1. The molecular formula is C15H23FN2O3S. The van der Waals surface area contributed by atoms with E-state index in [1.807, 2.05) is 20.8 Å². The first-order valence-electron chi connectivity index (χ1n) is 7.04. The lowest BCUT2D eigenvalue weighted by Crippen LogP contribution is -2.41. The molecule has 0 saturated heterocycles. The van der Waals surface area contributed by atoms with Crippen molar-refractivity contribution in [1.29, 1.82) is 0 Å². The Morgan fingerprint density at radius 1 is 1.27 bits per heavy atom. The number of amides is 1. The number of carbonyl (C=O) groups is 1. The topological polar surface area (TPSA) is 66.5 Å². The number of halogens is 1. The van der Waals surface area contributed by atoms with E-state index in [-0.39, 0.29) is 30.1 Å². The monoisotopic (exact) mass is 330 g/mol. The van der Waals surface area contributed by atoms with Crippen molar-refractivity contribution in [3.05, 3.63) is 30.1 Å². The summed E-state index contributed by atoms with van der Waals surface area (Å²) in [6, 6.07) is 5.68. The number of carbonyl (C=O) groups excluding carboxylic acids is 1. The van der Waals surface area contributed by atoms with Gasteiger partial charge in [0.15, 0.2) is 0 Å². The fourth-order valence-electron chi connectivity index (χ4n) is 1.98. The molecule has 0 spiro atoms. The van der Waals surface area contributed by atoms with Gasteiger partial charge >= 0.3 is 0 Å². The number of rotatable bonds is 6. The SMILES string of the molecule is CC(C)(C)NC(=O)CCCN(c1ccccc1F)S(C)(=O)=O. The number of nitrogens with zero attached hydrogens (tertiary/aromatic N) is 1. The zero-order valence-corrected chi connectivity index (χ0v) is 14.2. The minimum atomic E-state index is -3.61. The van der Waals surface area contributed by atoms with Crippen molar-refractivity contribution in [2.24, 2.45) is 0 Å². The summed E-state index contributed by atoms with van der Waals surface area (Å²) < 4.78 is 38.5. The summed E-state index contributed by atoms with van der Waals surface area (Å²) in [4.78, 5) is 11.7. The largest absolute Gasteiger partial charge is 0.352 e. The van der Waals surface area contributed by atoms with Gasteiger partial charge in [0.05, 0.1) is 11.9 Å². The second-order valence-corrected chi connectivity index (χ2v) is 8.10. The summed E-state index contributed by atoms with van der Waals surface area (Å²) in [7, 11) is -3.61. The second-order valence-electron chi connectivity index (χ2n) is 6.19. The zero-order valence-electron chi connectivity index (χ0n) is 13.4. The van der Waals surface area contributed by atoms with Crippen molar-refractivity contribution in [3.8, 4) is 0 Å². The number of sulfonamides is 1. The molecule has 0 radical (unpaired) electrons. The Morgan fingerprint density at radius 2 is 1.86 bits per heavy atom. The molecule has 0 aliphatic rings. The van der Waals surface area contributed by atoms with E-state index in [2.05, 4.69) is 5.32 Å². The molecular weight excluding hydrogens is 307 g/mol. The van der Waals surface area contributed by atoms with Crippen LogP contribution in [0.5, 0.6) is 0 Å². The molecule has 1 N–H and O–H groups in total. The van der Waals surface area contributed by atoms with Crippen LogP contribution in [0.4, 0.5) is 10.1 Å².